The number of imide groups is 1. The number of pyridine rings is 1. The van der Waals surface area contributed by atoms with Crippen LogP contribution in [0.15, 0.2) is 28.3 Å². The fourth-order valence-corrected chi connectivity index (χ4v) is 3.13. The molecule has 2 N–H and O–H groups in total. The van der Waals surface area contributed by atoms with Crippen molar-refractivity contribution in [1.82, 2.24) is 19.9 Å². The normalized spacial score (nSPS) is 11.6. The van der Waals surface area contributed by atoms with Gasteiger partial charge in [0.2, 0.25) is 15.9 Å². The van der Waals surface area contributed by atoms with Gasteiger partial charge in [0.05, 0.1) is 10.8 Å². The Bertz CT molecular complexity index is 688. The summed E-state index contributed by atoms with van der Waals surface area (Å²) in [5.74, 6) is 0.0282. The first-order chi connectivity index (χ1) is 11.6. The molecule has 0 atom stereocenters. The minimum atomic E-state index is -3.53. The van der Waals surface area contributed by atoms with E-state index in [2.05, 4.69) is 15.6 Å². The lowest BCUT2D eigenvalue weighted by Gasteiger charge is -2.11. The molecule has 0 saturated carbocycles. The molecule has 0 bridgehead atoms. The van der Waals surface area contributed by atoms with Crippen molar-refractivity contribution in [1.29, 1.82) is 0 Å². The minimum Gasteiger partial charge on any atom is -0.338 e. The van der Waals surface area contributed by atoms with Crippen molar-refractivity contribution in [2.75, 3.05) is 26.4 Å². The molecule has 1 heterocycles. The molecule has 3 amide bonds. The van der Waals surface area contributed by atoms with Gasteiger partial charge in [0.25, 0.3) is 0 Å². The van der Waals surface area contributed by atoms with Gasteiger partial charge in [0.1, 0.15) is 4.90 Å². The highest BCUT2D eigenvalue weighted by Gasteiger charge is 2.17. The monoisotopic (exact) mass is 388 g/mol. The largest absolute Gasteiger partial charge is 0.338 e. The number of thioether (sulfide) groups is 1. The summed E-state index contributed by atoms with van der Waals surface area (Å²) in [6.45, 7) is 4.60. The first-order valence-corrected chi connectivity index (χ1v) is 10.1. The number of carbonyl (C=O) groups is 2. The van der Waals surface area contributed by atoms with Crippen LogP contribution in [0.5, 0.6) is 0 Å². The SMILES string of the molecule is CC(C)CCNC(=O)NC(=O)CSc1ccc(S(=O)(=O)N(C)C)cn1. The first kappa shape index (κ1) is 21.4. The van der Waals surface area contributed by atoms with Crippen molar-refractivity contribution in [2.24, 2.45) is 5.92 Å². The fraction of sp³-hybridized carbons (Fsp3) is 0.533. The smallest absolute Gasteiger partial charge is 0.321 e. The maximum Gasteiger partial charge on any atom is 0.321 e. The molecule has 1 aromatic rings. The summed E-state index contributed by atoms with van der Waals surface area (Å²) in [4.78, 5) is 27.3. The average Bonchev–Trinajstić information content (AvgIpc) is 2.52. The number of carbonyl (C=O) groups excluding carboxylic acids is 2. The second-order valence-corrected chi connectivity index (χ2v) is 9.04. The lowest BCUT2D eigenvalue weighted by Crippen LogP contribution is -2.40. The van der Waals surface area contributed by atoms with Gasteiger partial charge in [-0.1, -0.05) is 25.6 Å². The summed E-state index contributed by atoms with van der Waals surface area (Å²) in [6.07, 6.45) is 2.08. The number of nitrogens with zero attached hydrogens (tertiary/aromatic N) is 2. The van der Waals surface area contributed by atoms with Gasteiger partial charge in [0.15, 0.2) is 0 Å². The molecule has 1 rings (SSSR count). The highest BCUT2D eigenvalue weighted by molar-refractivity contribution is 7.99. The van der Waals surface area contributed by atoms with Crippen molar-refractivity contribution in [3.05, 3.63) is 18.3 Å². The summed E-state index contributed by atoms with van der Waals surface area (Å²) in [7, 11) is -0.649. The van der Waals surface area contributed by atoms with Crippen LogP contribution in [0.2, 0.25) is 0 Å². The van der Waals surface area contributed by atoms with E-state index in [1.807, 2.05) is 13.8 Å². The molecule has 25 heavy (non-hydrogen) atoms. The zero-order chi connectivity index (χ0) is 19.0. The van der Waals surface area contributed by atoms with Crippen molar-refractivity contribution in [2.45, 2.75) is 30.2 Å². The van der Waals surface area contributed by atoms with Crippen LogP contribution in [0.3, 0.4) is 0 Å². The molecule has 0 unspecified atom stereocenters. The molecule has 0 aromatic carbocycles. The van der Waals surface area contributed by atoms with Gasteiger partial charge in [-0.15, -0.1) is 0 Å². The van der Waals surface area contributed by atoms with Gasteiger partial charge < -0.3 is 5.32 Å². The molecule has 0 aliphatic carbocycles. The van der Waals surface area contributed by atoms with Crippen LogP contribution in [0, 0.1) is 5.92 Å². The predicted molar refractivity (Wildman–Crippen MR) is 96.8 cm³/mol. The van der Waals surface area contributed by atoms with E-state index in [4.69, 9.17) is 0 Å². The third-order valence-corrected chi connectivity index (χ3v) is 5.84. The maximum absolute atomic E-state index is 11.9. The standard InChI is InChI=1S/C15H24N4O4S2/c1-11(2)7-8-16-15(21)18-13(20)10-24-14-6-5-12(9-17-14)25(22,23)19(3)4/h5-6,9,11H,7-8,10H2,1-4H3,(H2,16,18,20,21). The Morgan fingerprint density at radius 2 is 1.96 bits per heavy atom. The van der Waals surface area contributed by atoms with Gasteiger partial charge in [0, 0.05) is 26.8 Å². The van der Waals surface area contributed by atoms with Gasteiger partial charge in [-0.3, -0.25) is 10.1 Å². The van der Waals surface area contributed by atoms with E-state index >= 15 is 0 Å². The Morgan fingerprint density at radius 3 is 2.48 bits per heavy atom. The molecule has 10 heteroatoms. The van der Waals surface area contributed by atoms with Crippen LogP contribution in [0.25, 0.3) is 0 Å². The number of aromatic nitrogens is 1. The Hall–Kier alpha value is -1.65. The maximum atomic E-state index is 11.9. The molecule has 0 spiro atoms. The van der Waals surface area contributed by atoms with Crippen LogP contribution >= 0.6 is 11.8 Å². The van der Waals surface area contributed by atoms with Crippen molar-refractivity contribution in [3.63, 3.8) is 0 Å². The van der Waals surface area contributed by atoms with Crippen molar-refractivity contribution in [3.8, 4) is 0 Å². The summed E-state index contributed by atoms with van der Waals surface area (Å²) in [5, 5.41) is 5.34. The fourth-order valence-electron chi connectivity index (χ4n) is 1.64. The third-order valence-electron chi connectivity index (χ3n) is 3.10. The number of hydrogen-bond acceptors (Lipinski definition) is 6. The van der Waals surface area contributed by atoms with Crippen LogP contribution in [0.4, 0.5) is 4.79 Å². The molecule has 0 fully saturated rings. The molecule has 0 radical (unpaired) electrons. The molecule has 0 aliphatic rings. The molecule has 1 aromatic heterocycles. The molecular formula is C15H24N4O4S2. The van der Waals surface area contributed by atoms with Crippen LogP contribution in [-0.4, -0.2) is 56.0 Å². The molecule has 0 saturated heterocycles. The quantitative estimate of drug-likeness (QED) is 0.650. The zero-order valence-electron chi connectivity index (χ0n) is 14.8. The van der Waals surface area contributed by atoms with Crippen LogP contribution in [0.1, 0.15) is 20.3 Å². The highest BCUT2D eigenvalue weighted by atomic mass is 32.2. The van der Waals surface area contributed by atoms with E-state index in [1.54, 1.807) is 0 Å². The Kier molecular flexibility index (Phi) is 8.33. The van der Waals surface area contributed by atoms with E-state index < -0.39 is 22.0 Å². The van der Waals surface area contributed by atoms with Crippen LogP contribution < -0.4 is 10.6 Å². The van der Waals surface area contributed by atoms with Gasteiger partial charge in [-0.05, 0) is 24.5 Å². The van der Waals surface area contributed by atoms with Gasteiger partial charge in [-0.2, -0.15) is 0 Å². The van der Waals surface area contributed by atoms with E-state index in [9.17, 15) is 18.0 Å². The topological polar surface area (TPSA) is 108 Å². The third kappa shape index (κ3) is 7.41. The number of rotatable bonds is 8. The number of amides is 3. The van der Waals surface area contributed by atoms with E-state index in [0.717, 1.165) is 22.5 Å². The number of hydrogen-bond donors (Lipinski definition) is 2. The summed E-state index contributed by atoms with van der Waals surface area (Å²) in [6, 6.07) is 2.43. The zero-order valence-corrected chi connectivity index (χ0v) is 16.4. The summed E-state index contributed by atoms with van der Waals surface area (Å²) in [5.41, 5.74) is 0. The molecule has 0 aliphatic heterocycles. The van der Waals surface area contributed by atoms with E-state index in [0.29, 0.717) is 17.5 Å². The number of urea groups is 1. The average molecular weight is 389 g/mol. The Labute approximate surface area is 152 Å². The Balaban J connectivity index is 2.45. The minimum absolute atomic E-state index is 0.00434. The van der Waals surface area contributed by atoms with Gasteiger partial charge in [-0.25, -0.2) is 22.5 Å². The number of sulfonamides is 1. The Morgan fingerprint density at radius 1 is 1.28 bits per heavy atom. The molecular weight excluding hydrogens is 364 g/mol. The number of nitrogens with one attached hydrogen (secondary N) is 2. The van der Waals surface area contributed by atoms with Gasteiger partial charge >= 0.3 is 6.03 Å². The van der Waals surface area contributed by atoms with E-state index in [1.165, 1.54) is 32.4 Å². The predicted octanol–water partition coefficient (Wildman–Crippen LogP) is 1.30. The lowest BCUT2D eigenvalue weighted by molar-refractivity contribution is -0.117. The second kappa shape index (κ2) is 9.73. The van der Waals surface area contributed by atoms with E-state index in [-0.39, 0.29) is 10.6 Å². The summed E-state index contributed by atoms with van der Waals surface area (Å²) < 4.78 is 25.0. The lowest BCUT2D eigenvalue weighted by atomic mass is 10.1. The van der Waals surface area contributed by atoms with Crippen molar-refractivity contribution < 1.29 is 18.0 Å². The van der Waals surface area contributed by atoms with Crippen molar-refractivity contribution >= 4 is 33.7 Å². The first-order valence-electron chi connectivity index (χ1n) is 7.72. The van der Waals surface area contributed by atoms with Crippen LogP contribution in [-0.2, 0) is 14.8 Å². The highest BCUT2D eigenvalue weighted by Crippen LogP contribution is 2.18. The summed E-state index contributed by atoms with van der Waals surface area (Å²) >= 11 is 1.12. The molecule has 8 nitrogen and oxygen atoms in total. The second-order valence-electron chi connectivity index (χ2n) is 5.89. The molecule has 140 valence electrons.